The molecule has 17 heavy (non-hydrogen) atoms. The molecule has 5 nitrogen and oxygen atoms in total. The van der Waals surface area contributed by atoms with Crippen molar-refractivity contribution in [2.75, 3.05) is 11.9 Å². The lowest BCUT2D eigenvalue weighted by atomic mass is 10.5. The molecule has 1 saturated carbocycles. The molecule has 1 fully saturated rings. The molecule has 0 spiro atoms. The zero-order chi connectivity index (χ0) is 12.5. The van der Waals surface area contributed by atoms with Gasteiger partial charge in [0, 0.05) is 5.92 Å². The number of rotatable bonds is 3. The fourth-order valence-electron chi connectivity index (χ4n) is 1.05. The van der Waals surface area contributed by atoms with E-state index in [4.69, 9.17) is 0 Å². The van der Waals surface area contributed by atoms with Gasteiger partial charge < -0.3 is 4.74 Å². The van der Waals surface area contributed by atoms with Crippen molar-refractivity contribution < 1.29 is 22.7 Å². The minimum absolute atomic E-state index is 0.152. The number of hydrogen-bond donors (Lipinski definition) is 1. The van der Waals surface area contributed by atoms with E-state index in [2.05, 4.69) is 20.3 Å². The van der Waals surface area contributed by atoms with Gasteiger partial charge in [-0.25, -0.2) is 4.79 Å². The highest BCUT2D eigenvalue weighted by Gasteiger charge is 2.30. The molecule has 9 heteroatoms. The van der Waals surface area contributed by atoms with E-state index in [-0.39, 0.29) is 5.13 Å². The van der Waals surface area contributed by atoms with E-state index in [1.54, 1.807) is 0 Å². The van der Waals surface area contributed by atoms with Crippen LogP contribution in [-0.4, -0.2) is 29.1 Å². The van der Waals surface area contributed by atoms with Crippen molar-refractivity contribution in [1.82, 2.24) is 10.2 Å². The topological polar surface area (TPSA) is 64.1 Å². The second kappa shape index (κ2) is 4.47. The number of nitrogens with one attached hydrogen (secondary N) is 1. The Bertz CT molecular complexity index is 416. The Morgan fingerprint density at radius 1 is 1.47 bits per heavy atom. The molecular weight excluding hydrogens is 259 g/mol. The molecule has 94 valence electrons. The van der Waals surface area contributed by atoms with Gasteiger partial charge in [-0.1, -0.05) is 11.3 Å². The van der Waals surface area contributed by atoms with Crippen LogP contribution < -0.4 is 5.32 Å². The van der Waals surface area contributed by atoms with Crippen LogP contribution in [0.3, 0.4) is 0 Å². The van der Waals surface area contributed by atoms with Crippen molar-refractivity contribution in [3.05, 3.63) is 5.01 Å². The molecule has 0 bridgehead atoms. The third-order valence-corrected chi connectivity index (χ3v) is 2.94. The minimum Gasteiger partial charge on any atom is -0.440 e. The highest BCUT2D eigenvalue weighted by Crippen LogP contribution is 2.42. The first-order chi connectivity index (χ1) is 7.94. The maximum absolute atomic E-state index is 11.7. The Labute approximate surface area is 98.0 Å². The van der Waals surface area contributed by atoms with Gasteiger partial charge in [0.25, 0.3) is 0 Å². The first-order valence-electron chi connectivity index (χ1n) is 4.78. The molecule has 0 radical (unpaired) electrons. The third-order valence-electron chi connectivity index (χ3n) is 1.94. The summed E-state index contributed by atoms with van der Waals surface area (Å²) in [6.45, 7) is -1.62. The van der Waals surface area contributed by atoms with Gasteiger partial charge in [-0.15, -0.1) is 10.2 Å². The van der Waals surface area contributed by atoms with Crippen LogP contribution in [0.5, 0.6) is 0 Å². The van der Waals surface area contributed by atoms with E-state index >= 15 is 0 Å². The van der Waals surface area contributed by atoms with Gasteiger partial charge in [0.05, 0.1) is 0 Å². The van der Waals surface area contributed by atoms with Crippen LogP contribution in [-0.2, 0) is 4.74 Å². The van der Waals surface area contributed by atoms with Gasteiger partial charge in [-0.2, -0.15) is 13.2 Å². The third kappa shape index (κ3) is 3.84. The number of hydrogen-bond acceptors (Lipinski definition) is 5. The molecule has 1 amide bonds. The molecule has 0 atom stereocenters. The first kappa shape index (κ1) is 12.1. The fourth-order valence-corrected chi connectivity index (χ4v) is 1.95. The number of amides is 1. The summed E-state index contributed by atoms with van der Waals surface area (Å²) in [6, 6.07) is 0. The predicted molar refractivity (Wildman–Crippen MR) is 52.9 cm³/mol. The number of ether oxygens (including phenoxy) is 1. The maximum Gasteiger partial charge on any atom is 0.422 e. The zero-order valence-electron chi connectivity index (χ0n) is 8.45. The highest BCUT2D eigenvalue weighted by molar-refractivity contribution is 7.15. The smallest absolute Gasteiger partial charge is 0.422 e. The van der Waals surface area contributed by atoms with Crippen molar-refractivity contribution in [3.8, 4) is 0 Å². The van der Waals surface area contributed by atoms with E-state index in [1.807, 2.05) is 0 Å². The number of aromatic nitrogens is 2. The standard InChI is InChI=1S/C8H8F3N3O2S/c9-8(10,11)3-16-7(15)12-6-14-13-5(17-6)4-1-2-4/h4H,1-3H2,(H,12,14,15). The summed E-state index contributed by atoms with van der Waals surface area (Å²) < 4.78 is 39.2. The molecule has 1 heterocycles. The Hall–Kier alpha value is -1.38. The van der Waals surface area contributed by atoms with Crippen molar-refractivity contribution in [2.45, 2.75) is 24.9 Å². The number of carbonyl (C=O) groups is 1. The van der Waals surface area contributed by atoms with Crippen LogP contribution in [0.15, 0.2) is 0 Å². The van der Waals surface area contributed by atoms with Crippen molar-refractivity contribution in [2.24, 2.45) is 0 Å². The zero-order valence-corrected chi connectivity index (χ0v) is 9.27. The largest absolute Gasteiger partial charge is 0.440 e. The van der Waals surface area contributed by atoms with Crippen LogP contribution in [0.1, 0.15) is 23.8 Å². The fraction of sp³-hybridized carbons (Fsp3) is 0.625. The van der Waals surface area contributed by atoms with Crippen LogP contribution in [0.2, 0.25) is 0 Å². The molecule has 2 rings (SSSR count). The Kier molecular flexibility index (Phi) is 3.18. The molecule has 1 N–H and O–H groups in total. The lowest BCUT2D eigenvalue weighted by molar-refractivity contribution is -0.159. The van der Waals surface area contributed by atoms with E-state index in [0.29, 0.717) is 5.92 Å². The second-order valence-electron chi connectivity index (χ2n) is 3.54. The van der Waals surface area contributed by atoms with Gasteiger partial charge in [-0.3, -0.25) is 5.32 Å². The molecule has 0 aromatic carbocycles. The van der Waals surface area contributed by atoms with Gasteiger partial charge >= 0.3 is 12.3 Å². The van der Waals surface area contributed by atoms with Crippen molar-refractivity contribution >= 4 is 22.6 Å². The molecule has 1 aromatic rings. The lowest BCUT2D eigenvalue weighted by Gasteiger charge is -2.06. The second-order valence-corrected chi connectivity index (χ2v) is 4.55. The first-order valence-corrected chi connectivity index (χ1v) is 5.59. The van der Waals surface area contributed by atoms with Crippen LogP contribution in [0.4, 0.5) is 23.1 Å². The van der Waals surface area contributed by atoms with E-state index in [0.717, 1.165) is 29.2 Å². The summed E-state index contributed by atoms with van der Waals surface area (Å²) in [4.78, 5) is 11.0. The molecule has 1 aliphatic rings. The summed E-state index contributed by atoms with van der Waals surface area (Å²) in [6.07, 6.45) is -3.64. The Morgan fingerprint density at radius 3 is 2.76 bits per heavy atom. The number of nitrogens with zero attached hydrogens (tertiary/aromatic N) is 2. The van der Waals surface area contributed by atoms with Crippen molar-refractivity contribution in [3.63, 3.8) is 0 Å². The lowest BCUT2D eigenvalue weighted by Crippen LogP contribution is -2.23. The number of alkyl halides is 3. The van der Waals surface area contributed by atoms with E-state index < -0.39 is 18.9 Å². The predicted octanol–water partition coefficient (Wildman–Crippen LogP) is 2.53. The summed E-state index contributed by atoms with van der Waals surface area (Å²) in [5.41, 5.74) is 0. The maximum atomic E-state index is 11.7. The van der Waals surface area contributed by atoms with Gasteiger partial charge in [0.2, 0.25) is 5.13 Å². The van der Waals surface area contributed by atoms with Gasteiger partial charge in [0.15, 0.2) is 6.61 Å². The van der Waals surface area contributed by atoms with Gasteiger partial charge in [-0.05, 0) is 12.8 Å². The molecule has 0 saturated heterocycles. The molecule has 0 unspecified atom stereocenters. The Balaban J connectivity index is 1.80. The van der Waals surface area contributed by atoms with Crippen LogP contribution in [0.25, 0.3) is 0 Å². The highest BCUT2D eigenvalue weighted by atomic mass is 32.1. The number of halogens is 3. The van der Waals surface area contributed by atoms with Crippen molar-refractivity contribution in [1.29, 1.82) is 0 Å². The average Bonchev–Trinajstić information content (AvgIpc) is 2.97. The monoisotopic (exact) mass is 267 g/mol. The number of carbonyl (C=O) groups excluding carboxylic acids is 1. The normalized spacial score (nSPS) is 15.7. The van der Waals surface area contributed by atoms with Gasteiger partial charge in [0.1, 0.15) is 5.01 Å². The quantitative estimate of drug-likeness (QED) is 0.914. The molecule has 1 aromatic heterocycles. The SMILES string of the molecule is O=C(Nc1nnc(C2CC2)s1)OCC(F)(F)F. The van der Waals surface area contributed by atoms with E-state index in [9.17, 15) is 18.0 Å². The summed E-state index contributed by atoms with van der Waals surface area (Å²) in [7, 11) is 0. The summed E-state index contributed by atoms with van der Waals surface area (Å²) in [5.74, 6) is 0.384. The minimum atomic E-state index is -4.53. The molecule has 0 aliphatic heterocycles. The molecule has 1 aliphatic carbocycles. The number of anilines is 1. The van der Waals surface area contributed by atoms with Crippen LogP contribution in [0, 0.1) is 0 Å². The summed E-state index contributed by atoms with van der Waals surface area (Å²) in [5, 5.41) is 10.5. The average molecular weight is 267 g/mol. The molecular formula is C8H8F3N3O2S. The van der Waals surface area contributed by atoms with Crippen LogP contribution >= 0.6 is 11.3 Å². The summed E-state index contributed by atoms with van der Waals surface area (Å²) >= 11 is 1.15. The Morgan fingerprint density at radius 2 is 2.18 bits per heavy atom. The van der Waals surface area contributed by atoms with E-state index in [1.165, 1.54) is 0 Å².